The maximum Gasteiger partial charge on any atom is 0.190 e. The number of ether oxygens (including phenoxy) is 2. The third-order valence-corrected chi connectivity index (χ3v) is 5.23. The van der Waals surface area contributed by atoms with E-state index in [2.05, 4.69) is 24.4 Å². The molecular formula is C21H24N2O3S. The number of aryl methyl sites for hydroxylation is 1. The van der Waals surface area contributed by atoms with Crippen LogP contribution in [0.25, 0.3) is 11.3 Å². The number of nitrogens with zero attached hydrogens (tertiary/aromatic N) is 2. The molecule has 0 unspecified atom stereocenters. The van der Waals surface area contributed by atoms with Gasteiger partial charge in [0.25, 0.3) is 0 Å². The van der Waals surface area contributed by atoms with Crippen LogP contribution in [0.3, 0.4) is 0 Å². The lowest BCUT2D eigenvalue weighted by molar-refractivity contribution is 0.275. The molecule has 0 saturated heterocycles. The van der Waals surface area contributed by atoms with E-state index in [0.717, 1.165) is 28.2 Å². The number of benzene rings is 2. The smallest absolute Gasteiger partial charge is 0.190 e. The first-order valence-corrected chi connectivity index (χ1v) is 9.73. The van der Waals surface area contributed by atoms with E-state index in [0.29, 0.717) is 18.0 Å². The van der Waals surface area contributed by atoms with Gasteiger partial charge in [-0.3, -0.25) is 0 Å². The number of aliphatic hydroxyl groups is 1. The summed E-state index contributed by atoms with van der Waals surface area (Å²) in [4.78, 5) is 5.62. The molecule has 0 bridgehead atoms. The lowest BCUT2D eigenvalue weighted by atomic mass is 10.1. The molecule has 1 N–H and O–H groups in total. The summed E-state index contributed by atoms with van der Waals surface area (Å²) >= 11 is 1.55. The second-order valence-electron chi connectivity index (χ2n) is 5.98. The van der Waals surface area contributed by atoms with Crippen molar-refractivity contribution in [3.05, 3.63) is 58.2 Å². The molecular weight excluding hydrogens is 360 g/mol. The number of hydrogen-bond donors (Lipinski definition) is 1. The second-order valence-corrected chi connectivity index (χ2v) is 6.82. The summed E-state index contributed by atoms with van der Waals surface area (Å²) in [5.41, 5.74) is 4.16. The van der Waals surface area contributed by atoms with Crippen LogP contribution in [0.15, 0.2) is 52.8 Å². The van der Waals surface area contributed by atoms with Crippen LogP contribution in [0.4, 0.5) is 5.69 Å². The lowest BCUT2D eigenvalue weighted by Gasteiger charge is -2.11. The highest BCUT2D eigenvalue weighted by Gasteiger charge is 2.11. The molecule has 0 aliphatic carbocycles. The number of methoxy groups -OCH3 is 2. The van der Waals surface area contributed by atoms with Gasteiger partial charge in [0.1, 0.15) is 0 Å². The fraction of sp³-hybridized carbons (Fsp3) is 0.286. The Morgan fingerprint density at radius 1 is 1.04 bits per heavy atom. The molecule has 1 aromatic heterocycles. The van der Waals surface area contributed by atoms with Crippen molar-refractivity contribution in [3.63, 3.8) is 0 Å². The Balaban J connectivity index is 2.06. The minimum atomic E-state index is 0.0407. The molecule has 0 spiro atoms. The third-order valence-electron chi connectivity index (χ3n) is 4.37. The highest BCUT2D eigenvalue weighted by molar-refractivity contribution is 7.07. The van der Waals surface area contributed by atoms with E-state index in [-0.39, 0.29) is 6.61 Å². The molecule has 0 aliphatic heterocycles. The van der Waals surface area contributed by atoms with Gasteiger partial charge in [-0.25, -0.2) is 4.99 Å². The molecule has 2 aromatic carbocycles. The number of thiazole rings is 1. The molecule has 0 amide bonds. The number of hydrogen-bond acceptors (Lipinski definition) is 5. The monoisotopic (exact) mass is 384 g/mol. The Kier molecular flexibility index (Phi) is 6.32. The normalized spacial score (nSPS) is 11.6. The summed E-state index contributed by atoms with van der Waals surface area (Å²) < 4.78 is 12.8. The van der Waals surface area contributed by atoms with Gasteiger partial charge in [0.15, 0.2) is 16.3 Å². The van der Waals surface area contributed by atoms with E-state index in [1.54, 1.807) is 25.6 Å². The Labute approximate surface area is 163 Å². The number of rotatable bonds is 7. The standard InChI is InChI=1S/C21H24N2O3S/c1-4-15-5-8-17(9-6-15)22-21-23(11-12-24)18(14-27-21)16-7-10-19(25-2)20(13-16)26-3/h5-10,13-14,24H,4,11-12H2,1-3H3. The molecule has 0 atom stereocenters. The Morgan fingerprint density at radius 2 is 1.78 bits per heavy atom. The fourth-order valence-electron chi connectivity index (χ4n) is 2.88. The summed E-state index contributed by atoms with van der Waals surface area (Å²) in [6, 6.07) is 14.0. The van der Waals surface area contributed by atoms with Gasteiger partial charge in [0, 0.05) is 17.5 Å². The molecule has 1 heterocycles. The van der Waals surface area contributed by atoms with Crippen LogP contribution >= 0.6 is 11.3 Å². The lowest BCUT2D eigenvalue weighted by Crippen LogP contribution is -2.17. The summed E-state index contributed by atoms with van der Waals surface area (Å²) in [5.74, 6) is 1.36. The van der Waals surface area contributed by atoms with E-state index < -0.39 is 0 Å². The first-order valence-electron chi connectivity index (χ1n) is 8.85. The summed E-state index contributed by atoms with van der Waals surface area (Å²) in [6.07, 6.45) is 1.01. The second kappa shape index (κ2) is 8.88. The van der Waals surface area contributed by atoms with E-state index in [9.17, 15) is 5.11 Å². The van der Waals surface area contributed by atoms with Crippen LogP contribution in [0.5, 0.6) is 11.5 Å². The van der Waals surface area contributed by atoms with Gasteiger partial charge < -0.3 is 19.1 Å². The van der Waals surface area contributed by atoms with Crippen molar-refractivity contribution in [1.29, 1.82) is 0 Å². The Hall–Kier alpha value is -2.57. The van der Waals surface area contributed by atoms with E-state index in [1.165, 1.54) is 5.56 Å². The van der Waals surface area contributed by atoms with Crippen LogP contribution in [0.2, 0.25) is 0 Å². The zero-order valence-electron chi connectivity index (χ0n) is 15.8. The van der Waals surface area contributed by atoms with Gasteiger partial charge in [-0.2, -0.15) is 0 Å². The van der Waals surface area contributed by atoms with Crippen LogP contribution < -0.4 is 14.3 Å². The molecule has 0 radical (unpaired) electrons. The molecule has 0 saturated carbocycles. The maximum absolute atomic E-state index is 9.55. The SMILES string of the molecule is CCc1ccc(N=c2scc(-c3ccc(OC)c(OC)c3)n2CCO)cc1. The van der Waals surface area contributed by atoms with Crippen LogP contribution in [0, 0.1) is 0 Å². The van der Waals surface area contributed by atoms with Crippen molar-refractivity contribution in [2.45, 2.75) is 19.9 Å². The quantitative estimate of drug-likeness (QED) is 0.669. The van der Waals surface area contributed by atoms with Crippen LogP contribution in [-0.2, 0) is 13.0 Å². The maximum atomic E-state index is 9.55. The summed E-state index contributed by atoms with van der Waals surface area (Å²) in [6.45, 7) is 2.65. The molecule has 142 valence electrons. The zero-order chi connectivity index (χ0) is 19.2. The van der Waals surface area contributed by atoms with Gasteiger partial charge in [-0.1, -0.05) is 19.1 Å². The highest BCUT2D eigenvalue weighted by atomic mass is 32.1. The van der Waals surface area contributed by atoms with Crippen LogP contribution in [-0.4, -0.2) is 30.5 Å². The van der Waals surface area contributed by atoms with Crippen molar-refractivity contribution < 1.29 is 14.6 Å². The first-order chi connectivity index (χ1) is 13.2. The molecule has 0 fully saturated rings. The highest BCUT2D eigenvalue weighted by Crippen LogP contribution is 2.32. The first kappa shape index (κ1) is 19.2. The number of aliphatic hydroxyl groups excluding tert-OH is 1. The van der Waals surface area contributed by atoms with Crippen molar-refractivity contribution in [2.24, 2.45) is 4.99 Å². The van der Waals surface area contributed by atoms with Gasteiger partial charge >= 0.3 is 0 Å². The van der Waals surface area contributed by atoms with Crippen molar-refractivity contribution in [2.75, 3.05) is 20.8 Å². The minimum absolute atomic E-state index is 0.0407. The predicted molar refractivity (Wildman–Crippen MR) is 109 cm³/mol. The van der Waals surface area contributed by atoms with Gasteiger partial charge in [0.2, 0.25) is 0 Å². The van der Waals surface area contributed by atoms with Gasteiger partial charge in [-0.15, -0.1) is 11.3 Å². The van der Waals surface area contributed by atoms with Crippen LogP contribution in [0.1, 0.15) is 12.5 Å². The topological polar surface area (TPSA) is 56.0 Å². The molecule has 0 aliphatic rings. The predicted octanol–water partition coefficient (Wildman–Crippen LogP) is 4.02. The van der Waals surface area contributed by atoms with Gasteiger partial charge in [-0.05, 0) is 42.3 Å². The van der Waals surface area contributed by atoms with Gasteiger partial charge in [0.05, 0.1) is 32.2 Å². The van der Waals surface area contributed by atoms with Crippen molar-refractivity contribution >= 4 is 17.0 Å². The van der Waals surface area contributed by atoms with Crippen molar-refractivity contribution in [3.8, 4) is 22.8 Å². The van der Waals surface area contributed by atoms with Crippen molar-refractivity contribution in [1.82, 2.24) is 4.57 Å². The average molecular weight is 385 g/mol. The Morgan fingerprint density at radius 3 is 2.41 bits per heavy atom. The molecule has 3 rings (SSSR count). The molecule has 3 aromatic rings. The fourth-order valence-corrected chi connectivity index (χ4v) is 3.83. The third kappa shape index (κ3) is 4.23. The van der Waals surface area contributed by atoms with E-state index in [1.807, 2.05) is 34.9 Å². The average Bonchev–Trinajstić information content (AvgIpc) is 3.10. The largest absolute Gasteiger partial charge is 0.493 e. The molecule has 27 heavy (non-hydrogen) atoms. The zero-order valence-corrected chi connectivity index (χ0v) is 16.6. The summed E-state index contributed by atoms with van der Waals surface area (Å²) in [5, 5.41) is 11.6. The molecule has 5 nitrogen and oxygen atoms in total. The Bertz CT molecular complexity index is 958. The molecule has 6 heteroatoms. The summed E-state index contributed by atoms with van der Waals surface area (Å²) in [7, 11) is 3.24. The number of aromatic nitrogens is 1. The van der Waals surface area contributed by atoms with E-state index >= 15 is 0 Å². The van der Waals surface area contributed by atoms with E-state index in [4.69, 9.17) is 14.5 Å². The minimum Gasteiger partial charge on any atom is -0.493 e.